The molecule has 0 saturated carbocycles. The number of thioether (sulfide) groups is 1. The number of aryl methyl sites for hydroxylation is 1. The maximum atomic E-state index is 15.1. The molecule has 9 rings (SSSR count). The molecule has 2 N–H and O–H groups in total. The number of benzene rings is 3. The molecular formula is C45H52N4O12S. The van der Waals surface area contributed by atoms with Crippen LogP contribution in [-0.4, -0.2) is 105 Å². The Labute approximate surface area is 364 Å². The van der Waals surface area contributed by atoms with Gasteiger partial charge < -0.3 is 47.9 Å². The number of esters is 2. The fourth-order valence-corrected chi connectivity index (χ4v) is 11.6. The Balaban J connectivity index is 1.37. The number of likely N-dealkylation sites (N-methyl/N-ethyl adjacent to an activating group) is 1. The van der Waals surface area contributed by atoms with Gasteiger partial charge in [0.05, 0.1) is 37.6 Å². The summed E-state index contributed by atoms with van der Waals surface area (Å²) in [7, 11) is 6.80. The van der Waals surface area contributed by atoms with Gasteiger partial charge in [-0.2, -0.15) is 5.26 Å². The van der Waals surface area contributed by atoms with Gasteiger partial charge in [-0.15, -0.1) is 11.8 Å². The Hall–Kier alpha value is -5.41. The summed E-state index contributed by atoms with van der Waals surface area (Å²) in [5, 5.41) is 26.2. The predicted octanol–water partition coefficient (Wildman–Crippen LogP) is 5.84. The molecule has 0 aliphatic carbocycles. The van der Waals surface area contributed by atoms with Crippen LogP contribution in [0.15, 0.2) is 18.2 Å². The van der Waals surface area contributed by atoms with Gasteiger partial charge in [-0.1, -0.05) is 6.07 Å². The summed E-state index contributed by atoms with van der Waals surface area (Å²) in [5.41, 5.74) is 2.95. The molecule has 2 bridgehead atoms. The average Bonchev–Trinajstić information content (AvgIpc) is 3.64. The van der Waals surface area contributed by atoms with E-state index in [4.69, 9.17) is 37.9 Å². The number of aromatic hydroxyl groups is 1. The van der Waals surface area contributed by atoms with Crippen molar-refractivity contribution in [3.63, 3.8) is 0 Å². The minimum Gasteiger partial charge on any atom is -0.504 e. The highest BCUT2D eigenvalue weighted by molar-refractivity contribution is 7.99. The zero-order valence-corrected chi connectivity index (χ0v) is 37.4. The molecule has 6 atom stereocenters. The first-order chi connectivity index (χ1) is 29.4. The van der Waals surface area contributed by atoms with Crippen molar-refractivity contribution in [2.45, 2.75) is 94.9 Å². The number of phenolic OH excluding ortho intramolecular Hbond substituents is 1. The number of ether oxygens (including phenoxy) is 8. The van der Waals surface area contributed by atoms with E-state index < -0.39 is 58.7 Å². The van der Waals surface area contributed by atoms with Crippen molar-refractivity contribution in [1.29, 1.82) is 5.26 Å². The SMILES string of the molecule is COc1cc2c(cc1OC(=O)OC(C)(C)C)CCN[C@]21CS[C@@H]2c3c(OC(C)=O)c(C)c4c(c3[C@H](COC1=O)N1C2[C@@H](N(C)C)c2c(cc(C)c(OC)c2O)C[C@@H]1C#N)OCO4. The molecule has 6 heterocycles. The molecule has 16 nitrogen and oxygen atoms in total. The molecule has 6 aliphatic heterocycles. The van der Waals surface area contributed by atoms with E-state index in [1.807, 2.05) is 38.9 Å². The third kappa shape index (κ3) is 7.01. The smallest absolute Gasteiger partial charge is 0.504 e. The lowest BCUT2D eigenvalue weighted by Crippen LogP contribution is -2.60. The van der Waals surface area contributed by atoms with E-state index in [-0.39, 0.29) is 42.8 Å². The van der Waals surface area contributed by atoms with E-state index >= 15 is 4.79 Å². The van der Waals surface area contributed by atoms with Crippen LogP contribution in [0, 0.1) is 25.2 Å². The molecule has 1 fully saturated rings. The number of hydrogen-bond acceptors (Lipinski definition) is 17. The summed E-state index contributed by atoms with van der Waals surface area (Å²) in [6, 6.07) is 5.10. The summed E-state index contributed by atoms with van der Waals surface area (Å²) in [5.74, 6) is 0.741. The highest BCUT2D eigenvalue weighted by Crippen LogP contribution is 2.63. The summed E-state index contributed by atoms with van der Waals surface area (Å²) < 4.78 is 47.6. The second-order valence-corrected chi connectivity index (χ2v) is 18.6. The van der Waals surface area contributed by atoms with Crippen molar-refractivity contribution < 1.29 is 57.4 Å². The third-order valence-electron chi connectivity index (χ3n) is 12.3. The first-order valence-corrected chi connectivity index (χ1v) is 21.5. The number of nitriles is 1. The van der Waals surface area contributed by atoms with Crippen molar-refractivity contribution in [2.24, 2.45) is 0 Å². The Morgan fingerprint density at radius 1 is 1.00 bits per heavy atom. The number of hydrogen-bond donors (Lipinski definition) is 2. The summed E-state index contributed by atoms with van der Waals surface area (Å²) in [4.78, 5) is 45.1. The van der Waals surface area contributed by atoms with Crippen LogP contribution in [0.1, 0.15) is 89.5 Å². The lowest BCUT2D eigenvalue weighted by molar-refractivity contribution is -0.155. The number of carbonyl (C=O) groups is 3. The van der Waals surface area contributed by atoms with Crippen molar-refractivity contribution in [1.82, 2.24) is 15.1 Å². The van der Waals surface area contributed by atoms with E-state index in [1.165, 1.54) is 32.9 Å². The molecule has 62 heavy (non-hydrogen) atoms. The number of nitrogens with zero attached hydrogens (tertiary/aromatic N) is 3. The molecule has 17 heteroatoms. The highest BCUT2D eigenvalue weighted by Gasteiger charge is 2.58. The second kappa shape index (κ2) is 16.1. The van der Waals surface area contributed by atoms with Gasteiger partial charge >= 0.3 is 18.1 Å². The minimum atomic E-state index is -1.46. The van der Waals surface area contributed by atoms with Crippen LogP contribution in [0.25, 0.3) is 0 Å². The zero-order chi connectivity index (χ0) is 44.6. The highest BCUT2D eigenvalue weighted by atomic mass is 32.2. The van der Waals surface area contributed by atoms with Gasteiger partial charge in [0.2, 0.25) is 6.79 Å². The first-order valence-electron chi connectivity index (χ1n) is 20.5. The van der Waals surface area contributed by atoms with Crippen LogP contribution in [0.3, 0.4) is 0 Å². The lowest BCUT2D eigenvalue weighted by Gasteiger charge is -2.53. The zero-order valence-electron chi connectivity index (χ0n) is 36.5. The standard InChI is InChI=1S/C45H52N4O12S/c1-21-13-25-14-26(17-46)49-28-18-56-42(52)45(27-16-29(54-9)30(15-24(27)11-12-47-45)60-43(53)61-44(4,5)6)19-62-41(35(49)34(48(7)8)31(25)36(51)37(21)55-10)33-32(28)40-39(57-20-58-40)22(2)38(33)59-23(3)50/h13,15-16,26,28,34-35,41,47,51H,11-12,14,18-20H2,1-10H3/t26-,28+,34+,35?,41-,45-/m1/s1. The monoisotopic (exact) mass is 872 g/mol. The largest absolute Gasteiger partial charge is 0.514 e. The normalized spacial score (nSPS) is 25.0. The van der Waals surface area contributed by atoms with Gasteiger partial charge in [-0.05, 0) is 89.5 Å². The maximum absolute atomic E-state index is 15.1. The molecule has 0 radical (unpaired) electrons. The first kappa shape index (κ1) is 43.2. The topological polar surface area (TPSA) is 188 Å². The van der Waals surface area contributed by atoms with E-state index in [0.29, 0.717) is 69.3 Å². The quantitative estimate of drug-likeness (QED) is 0.177. The predicted molar refractivity (Wildman–Crippen MR) is 225 cm³/mol. The molecule has 1 unspecified atom stereocenters. The van der Waals surface area contributed by atoms with Gasteiger partial charge in [0.1, 0.15) is 24.0 Å². The van der Waals surface area contributed by atoms with Crippen LogP contribution < -0.4 is 33.7 Å². The fraction of sp³-hybridized carbons (Fsp3) is 0.511. The van der Waals surface area contributed by atoms with E-state index in [9.17, 15) is 20.0 Å². The Morgan fingerprint density at radius 2 is 1.74 bits per heavy atom. The van der Waals surface area contributed by atoms with Gasteiger partial charge in [-0.25, -0.2) is 9.59 Å². The molecule has 0 aromatic heterocycles. The van der Waals surface area contributed by atoms with Crippen LogP contribution in [-0.2, 0) is 37.4 Å². The molecule has 330 valence electrons. The van der Waals surface area contributed by atoms with Gasteiger partial charge in [0, 0.05) is 53.9 Å². The van der Waals surface area contributed by atoms with Gasteiger partial charge in [-0.3, -0.25) is 15.0 Å². The molecule has 6 aliphatic rings. The van der Waals surface area contributed by atoms with Crippen molar-refractivity contribution in [3.8, 4) is 46.3 Å². The van der Waals surface area contributed by atoms with Crippen LogP contribution in [0.4, 0.5) is 4.79 Å². The summed E-state index contributed by atoms with van der Waals surface area (Å²) >= 11 is 1.44. The maximum Gasteiger partial charge on any atom is 0.514 e. The minimum absolute atomic E-state index is 0.0257. The van der Waals surface area contributed by atoms with Crippen molar-refractivity contribution in [2.75, 3.05) is 54.0 Å². The number of nitrogens with one attached hydrogen (secondary N) is 1. The number of methoxy groups -OCH3 is 2. The fourth-order valence-electron chi connectivity index (χ4n) is 9.94. The number of carbonyl (C=O) groups excluding carboxylic acids is 3. The Kier molecular flexibility index (Phi) is 11.2. The molecular weight excluding hydrogens is 821 g/mol. The molecule has 3 aromatic rings. The Bertz CT molecular complexity index is 2410. The van der Waals surface area contributed by atoms with Gasteiger partial charge in [0.15, 0.2) is 40.0 Å². The van der Waals surface area contributed by atoms with E-state index in [1.54, 1.807) is 32.9 Å². The van der Waals surface area contributed by atoms with Crippen LogP contribution in [0.5, 0.6) is 40.2 Å². The molecule has 0 amide bonds. The van der Waals surface area contributed by atoms with Gasteiger partial charge in [0.25, 0.3) is 0 Å². The second-order valence-electron chi connectivity index (χ2n) is 17.4. The molecule has 1 saturated heterocycles. The summed E-state index contributed by atoms with van der Waals surface area (Å²) in [6.07, 6.45) is -0.184. The average molecular weight is 873 g/mol. The summed E-state index contributed by atoms with van der Waals surface area (Å²) in [6.45, 7) is 10.3. The van der Waals surface area contributed by atoms with Crippen LogP contribution in [0.2, 0.25) is 0 Å². The van der Waals surface area contributed by atoms with Crippen molar-refractivity contribution in [3.05, 3.63) is 62.7 Å². The number of rotatable bonds is 5. The molecule has 3 aromatic carbocycles. The van der Waals surface area contributed by atoms with E-state index in [0.717, 1.165) is 11.1 Å². The Morgan fingerprint density at radius 3 is 2.40 bits per heavy atom. The van der Waals surface area contributed by atoms with Crippen molar-refractivity contribution >= 4 is 29.9 Å². The number of phenols is 1. The lowest BCUT2D eigenvalue weighted by atomic mass is 9.79. The van der Waals surface area contributed by atoms with E-state index in [2.05, 4.69) is 16.3 Å². The van der Waals surface area contributed by atoms with Crippen LogP contribution >= 0.6 is 11.8 Å². The molecule has 1 spiro atoms. The number of fused-ring (bicyclic) bond motifs is 6. The third-order valence-corrected chi connectivity index (χ3v) is 13.7.